The average molecular weight is 381 g/mol. The van der Waals surface area contributed by atoms with Crippen LogP contribution in [0.25, 0.3) is 6.08 Å². The highest BCUT2D eigenvalue weighted by molar-refractivity contribution is 9.10. The van der Waals surface area contributed by atoms with Gasteiger partial charge in [0.2, 0.25) is 0 Å². The van der Waals surface area contributed by atoms with E-state index in [1.807, 2.05) is 24.3 Å². The first-order valence-electron chi connectivity index (χ1n) is 7.28. The smallest absolute Gasteiger partial charge is 0.286 e. The number of amides is 1. The number of carbonyl (C=O) groups excluding carboxylic acids is 1. The maximum absolute atomic E-state index is 12.2. The Labute approximate surface area is 142 Å². The van der Waals surface area contributed by atoms with E-state index in [4.69, 9.17) is 4.74 Å². The molecule has 1 saturated heterocycles. The summed E-state index contributed by atoms with van der Waals surface area (Å²) in [5, 5.41) is 0.838. The Bertz CT molecular complexity index is 652. The second-order valence-corrected chi connectivity index (χ2v) is 7.17. The van der Waals surface area contributed by atoms with Crippen molar-refractivity contribution in [2.45, 2.75) is 19.3 Å². The van der Waals surface area contributed by atoms with Gasteiger partial charge >= 0.3 is 0 Å². The molecule has 1 aromatic carbocycles. The number of carbonyl (C=O) groups is 1. The number of ether oxygens (including phenoxy) is 1. The number of halogens is 1. The zero-order valence-electron chi connectivity index (χ0n) is 12.3. The van der Waals surface area contributed by atoms with Gasteiger partial charge in [-0.25, -0.2) is 0 Å². The van der Waals surface area contributed by atoms with Crippen LogP contribution in [0.3, 0.4) is 0 Å². The molecule has 1 aromatic rings. The van der Waals surface area contributed by atoms with Gasteiger partial charge in [0.1, 0.15) is 5.75 Å². The first-order chi connectivity index (χ1) is 10.7. The molecular formula is C16H17BrN2O2S. The topological polar surface area (TPSA) is 41.9 Å². The molecule has 2 aliphatic heterocycles. The van der Waals surface area contributed by atoms with Gasteiger partial charge in [-0.05, 0) is 55.3 Å². The Morgan fingerprint density at radius 2 is 2.09 bits per heavy atom. The third-order valence-electron chi connectivity index (χ3n) is 3.71. The Morgan fingerprint density at radius 3 is 2.82 bits per heavy atom. The van der Waals surface area contributed by atoms with Gasteiger partial charge < -0.3 is 9.64 Å². The summed E-state index contributed by atoms with van der Waals surface area (Å²) in [6.07, 6.45) is 5.47. The number of benzene rings is 1. The molecule has 0 radical (unpaired) electrons. The van der Waals surface area contributed by atoms with Crippen molar-refractivity contribution in [2.24, 2.45) is 4.99 Å². The molecule has 0 aliphatic carbocycles. The maximum Gasteiger partial charge on any atom is 0.286 e. The standard InChI is InChI=1S/C16H17BrN2O2S/c1-21-13-6-5-12(17)9-11(13)10-14-15(20)18-16(22-14)19-7-3-2-4-8-19/h5-6,9-10H,2-4,7-8H2,1H3/b14-10+. The summed E-state index contributed by atoms with van der Waals surface area (Å²) < 4.78 is 6.31. The van der Waals surface area contributed by atoms with Gasteiger partial charge in [-0.3, -0.25) is 4.79 Å². The Hall–Kier alpha value is -1.27. The first kappa shape index (κ1) is 15.6. The highest BCUT2D eigenvalue weighted by Gasteiger charge is 2.27. The van der Waals surface area contributed by atoms with E-state index in [-0.39, 0.29) is 5.91 Å². The van der Waals surface area contributed by atoms with Crippen molar-refractivity contribution in [3.8, 4) is 5.75 Å². The van der Waals surface area contributed by atoms with E-state index in [1.54, 1.807) is 7.11 Å². The molecule has 6 heteroatoms. The molecule has 0 atom stereocenters. The summed E-state index contributed by atoms with van der Waals surface area (Å²) in [5.41, 5.74) is 0.878. The largest absolute Gasteiger partial charge is 0.496 e. The molecule has 116 valence electrons. The van der Waals surface area contributed by atoms with Crippen molar-refractivity contribution >= 4 is 44.8 Å². The highest BCUT2D eigenvalue weighted by atomic mass is 79.9. The molecule has 0 N–H and O–H groups in total. The number of piperidine rings is 1. The number of hydrogen-bond donors (Lipinski definition) is 0. The third-order valence-corrected chi connectivity index (χ3v) is 5.25. The van der Waals surface area contributed by atoms with Gasteiger partial charge in [-0.1, -0.05) is 15.9 Å². The van der Waals surface area contributed by atoms with E-state index in [0.717, 1.165) is 34.0 Å². The lowest BCUT2D eigenvalue weighted by atomic mass is 10.1. The first-order valence-corrected chi connectivity index (χ1v) is 8.89. The van der Waals surface area contributed by atoms with Gasteiger partial charge in [-0.2, -0.15) is 4.99 Å². The van der Waals surface area contributed by atoms with Gasteiger partial charge in [-0.15, -0.1) is 0 Å². The predicted molar refractivity (Wildman–Crippen MR) is 94.1 cm³/mol. The predicted octanol–water partition coefficient (Wildman–Crippen LogP) is 3.91. The van der Waals surface area contributed by atoms with Crippen LogP contribution in [0.2, 0.25) is 0 Å². The SMILES string of the molecule is COc1ccc(Br)cc1/C=C1/SC(N2CCCCC2)=NC1=O. The van der Waals surface area contributed by atoms with E-state index in [2.05, 4.69) is 25.8 Å². The van der Waals surface area contributed by atoms with E-state index >= 15 is 0 Å². The molecule has 22 heavy (non-hydrogen) atoms. The molecule has 0 aromatic heterocycles. The summed E-state index contributed by atoms with van der Waals surface area (Å²) in [7, 11) is 1.63. The number of rotatable bonds is 2. The van der Waals surface area contributed by atoms with Crippen LogP contribution in [0.4, 0.5) is 0 Å². The summed E-state index contributed by atoms with van der Waals surface area (Å²) in [5.74, 6) is 0.586. The van der Waals surface area contributed by atoms with Crippen LogP contribution >= 0.6 is 27.7 Å². The number of nitrogens with zero attached hydrogens (tertiary/aromatic N) is 2. The molecule has 1 amide bonds. The fourth-order valence-electron chi connectivity index (χ4n) is 2.58. The number of aliphatic imine (C=N–C) groups is 1. The molecule has 1 fully saturated rings. The quantitative estimate of drug-likeness (QED) is 0.729. The maximum atomic E-state index is 12.2. The second-order valence-electron chi connectivity index (χ2n) is 5.24. The number of methoxy groups -OCH3 is 1. The Balaban J connectivity index is 1.82. The fourth-order valence-corrected chi connectivity index (χ4v) is 3.91. The number of thioether (sulfide) groups is 1. The minimum atomic E-state index is -0.160. The molecule has 0 saturated carbocycles. The molecule has 2 heterocycles. The molecule has 4 nitrogen and oxygen atoms in total. The number of amidine groups is 1. The van der Waals surface area contributed by atoms with Crippen molar-refractivity contribution in [1.29, 1.82) is 0 Å². The van der Waals surface area contributed by atoms with Gasteiger partial charge in [0, 0.05) is 23.1 Å². The number of likely N-dealkylation sites (tertiary alicyclic amines) is 1. The molecule has 0 bridgehead atoms. The van der Waals surface area contributed by atoms with Crippen LogP contribution in [0, 0.1) is 0 Å². The Kier molecular flexibility index (Phi) is 4.88. The lowest BCUT2D eigenvalue weighted by Crippen LogP contribution is -2.33. The third kappa shape index (κ3) is 3.38. The minimum absolute atomic E-state index is 0.160. The molecular weight excluding hydrogens is 364 g/mol. The van der Waals surface area contributed by atoms with Crippen LogP contribution in [0.1, 0.15) is 24.8 Å². The van der Waals surface area contributed by atoms with Crippen molar-refractivity contribution < 1.29 is 9.53 Å². The summed E-state index contributed by atoms with van der Waals surface area (Å²) in [4.78, 5) is 19.2. The minimum Gasteiger partial charge on any atom is -0.496 e. The Morgan fingerprint density at radius 1 is 1.32 bits per heavy atom. The van der Waals surface area contributed by atoms with E-state index in [1.165, 1.54) is 31.0 Å². The van der Waals surface area contributed by atoms with Crippen molar-refractivity contribution in [3.63, 3.8) is 0 Å². The van der Waals surface area contributed by atoms with E-state index in [0.29, 0.717) is 4.91 Å². The summed E-state index contributed by atoms with van der Waals surface area (Å²) >= 11 is 4.91. The molecule has 2 aliphatic rings. The van der Waals surface area contributed by atoms with Crippen LogP contribution < -0.4 is 4.74 Å². The average Bonchev–Trinajstić information content (AvgIpc) is 2.90. The second kappa shape index (κ2) is 6.87. The lowest BCUT2D eigenvalue weighted by Gasteiger charge is -2.27. The van der Waals surface area contributed by atoms with Crippen molar-refractivity contribution in [2.75, 3.05) is 20.2 Å². The lowest BCUT2D eigenvalue weighted by molar-refractivity contribution is -0.113. The zero-order valence-corrected chi connectivity index (χ0v) is 14.7. The zero-order chi connectivity index (χ0) is 15.5. The fraction of sp³-hybridized carbons (Fsp3) is 0.375. The van der Waals surface area contributed by atoms with Crippen molar-refractivity contribution in [1.82, 2.24) is 4.90 Å². The molecule has 0 unspecified atom stereocenters. The normalized spacial score (nSPS) is 20.5. The van der Waals surface area contributed by atoms with E-state index in [9.17, 15) is 4.79 Å². The monoisotopic (exact) mass is 380 g/mol. The molecule has 0 spiro atoms. The van der Waals surface area contributed by atoms with Crippen LogP contribution in [0.15, 0.2) is 32.6 Å². The van der Waals surface area contributed by atoms with Gasteiger partial charge in [0.15, 0.2) is 5.17 Å². The van der Waals surface area contributed by atoms with Crippen LogP contribution in [-0.2, 0) is 4.79 Å². The van der Waals surface area contributed by atoms with Gasteiger partial charge in [0.25, 0.3) is 5.91 Å². The van der Waals surface area contributed by atoms with Crippen LogP contribution in [0.5, 0.6) is 5.75 Å². The summed E-state index contributed by atoms with van der Waals surface area (Å²) in [6, 6.07) is 5.74. The summed E-state index contributed by atoms with van der Waals surface area (Å²) in [6.45, 7) is 1.99. The van der Waals surface area contributed by atoms with Crippen LogP contribution in [-0.4, -0.2) is 36.2 Å². The van der Waals surface area contributed by atoms with Crippen molar-refractivity contribution in [3.05, 3.63) is 33.1 Å². The number of hydrogen-bond acceptors (Lipinski definition) is 4. The molecule has 3 rings (SSSR count). The highest BCUT2D eigenvalue weighted by Crippen LogP contribution is 2.34. The van der Waals surface area contributed by atoms with Gasteiger partial charge in [0.05, 0.1) is 12.0 Å². The van der Waals surface area contributed by atoms with E-state index < -0.39 is 0 Å².